The second-order valence-electron chi connectivity index (χ2n) is 14.0. The zero-order valence-electron chi connectivity index (χ0n) is 27.7. The molecule has 6 rings (SSSR count). The van der Waals surface area contributed by atoms with E-state index in [2.05, 4.69) is 110 Å². The molecule has 5 nitrogen and oxygen atoms in total. The minimum absolute atomic E-state index is 0.142. The van der Waals surface area contributed by atoms with Crippen LogP contribution in [0.1, 0.15) is 99.2 Å². The van der Waals surface area contributed by atoms with Gasteiger partial charge in [-0.25, -0.2) is 0 Å². The molecule has 2 fully saturated rings. The summed E-state index contributed by atoms with van der Waals surface area (Å²) in [5.74, 6) is 1.62. The maximum absolute atomic E-state index is 12.4. The highest BCUT2D eigenvalue weighted by atomic mass is 16.4. The number of hydrogen-bond acceptors (Lipinski definition) is 3. The molecule has 1 saturated carbocycles. The number of carbonyl (C=O) groups is 1. The number of fused-ring (bicyclic) bond motifs is 1. The van der Waals surface area contributed by atoms with Crippen LogP contribution in [0, 0.1) is 24.7 Å². The van der Waals surface area contributed by atoms with Crippen LogP contribution in [0.4, 0.5) is 0 Å². The fourth-order valence-corrected chi connectivity index (χ4v) is 8.55. The predicted molar refractivity (Wildman–Crippen MR) is 184 cm³/mol. The van der Waals surface area contributed by atoms with Crippen LogP contribution < -0.4 is 0 Å². The highest BCUT2D eigenvalue weighted by molar-refractivity contribution is 5.85. The van der Waals surface area contributed by atoms with Crippen molar-refractivity contribution in [3.05, 3.63) is 101 Å². The zero-order chi connectivity index (χ0) is 31.5. The van der Waals surface area contributed by atoms with E-state index < -0.39 is 12.0 Å². The van der Waals surface area contributed by atoms with Gasteiger partial charge in [0.1, 0.15) is 6.04 Å². The van der Waals surface area contributed by atoms with Crippen molar-refractivity contribution < 1.29 is 9.90 Å². The Balaban J connectivity index is 1.14. The van der Waals surface area contributed by atoms with E-state index in [0.29, 0.717) is 23.7 Å². The van der Waals surface area contributed by atoms with Gasteiger partial charge in [0.2, 0.25) is 0 Å². The van der Waals surface area contributed by atoms with E-state index in [0.717, 1.165) is 32.5 Å². The van der Waals surface area contributed by atoms with Crippen LogP contribution >= 0.6 is 0 Å². The third kappa shape index (κ3) is 6.89. The first-order valence-electron chi connectivity index (χ1n) is 17.4. The van der Waals surface area contributed by atoms with Crippen molar-refractivity contribution in [1.29, 1.82) is 0 Å². The number of aromatic nitrogens is 2. The summed E-state index contributed by atoms with van der Waals surface area (Å²) in [6.45, 7) is 11.2. The van der Waals surface area contributed by atoms with E-state index in [-0.39, 0.29) is 5.92 Å². The third-order valence-electron chi connectivity index (χ3n) is 11.1. The van der Waals surface area contributed by atoms with E-state index in [1.54, 1.807) is 0 Å². The summed E-state index contributed by atoms with van der Waals surface area (Å²) in [6.07, 6.45) is 7.83. The van der Waals surface area contributed by atoms with Crippen molar-refractivity contribution in [3.8, 4) is 0 Å². The molecule has 2 heterocycles. The number of hydrogen-bond donors (Lipinski definition) is 1. The average molecular weight is 606 g/mol. The van der Waals surface area contributed by atoms with Crippen LogP contribution in [0.3, 0.4) is 0 Å². The molecule has 4 atom stereocenters. The van der Waals surface area contributed by atoms with Crippen molar-refractivity contribution in [2.24, 2.45) is 17.8 Å². The summed E-state index contributed by atoms with van der Waals surface area (Å²) >= 11 is 0. The Bertz CT molecular complexity index is 1590. The van der Waals surface area contributed by atoms with Crippen molar-refractivity contribution in [2.75, 3.05) is 13.1 Å². The molecular weight excluding hydrogens is 554 g/mol. The summed E-state index contributed by atoms with van der Waals surface area (Å²) < 4.78 is 2.26. The molecule has 0 radical (unpaired) electrons. The van der Waals surface area contributed by atoms with Crippen molar-refractivity contribution in [1.82, 2.24) is 14.7 Å². The number of benzene rings is 3. The Labute approximate surface area is 269 Å². The van der Waals surface area contributed by atoms with Crippen LogP contribution in [-0.2, 0) is 17.8 Å². The molecule has 1 N–H and O–H groups in total. The van der Waals surface area contributed by atoms with E-state index in [4.69, 9.17) is 5.10 Å². The van der Waals surface area contributed by atoms with Crippen LogP contribution in [0.5, 0.6) is 0 Å². The molecule has 1 aromatic heterocycles. The highest BCUT2D eigenvalue weighted by Gasteiger charge is 2.42. The smallest absolute Gasteiger partial charge is 0.321 e. The monoisotopic (exact) mass is 605 g/mol. The molecule has 3 aromatic carbocycles. The number of rotatable bonds is 11. The summed E-state index contributed by atoms with van der Waals surface area (Å²) in [7, 11) is 0. The second kappa shape index (κ2) is 13.9. The summed E-state index contributed by atoms with van der Waals surface area (Å²) in [5, 5.41) is 17.9. The second-order valence-corrected chi connectivity index (χ2v) is 14.0. The number of likely N-dealkylation sites (tertiary alicyclic amines) is 1. The first-order valence-corrected chi connectivity index (χ1v) is 17.4. The summed E-state index contributed by atoms with van der Waals surface area (Å²) in [4.78, 5) is 14.7. The molecule has 1 aliphatic carbocycles. The molecule has 45 heavy (non-hydrogen) atoms. The molecule has 238 valence electrons. The normalized spacial score (nSPS) is 23.7. The quantitative estimate of drug-likeness (QED) is 0.186. The van der Waals surface area contributed by atoms with Gasteiger partial charge in [0, 0.05) is 43.6 Å². The Morgan fingerprint density at radius 2 is 1.71 bits per heavy atom. The maximum Gasteiger partial charge on any atom is 0.321 e. The van der Waals surface area contributed by atoms with Crippen molar-refractivity contribution in [2.45, 2.75) is 97.1 Å². The fraction of sp³-hybridized carbons (Fsp3) is 0.500. The molecule has 0 spiro atoms. The summed E-state index contributed by atoms with van der Waals surface area (Å²) in [6, 6.07) is 26.2. The Kier molecular flexibility index (Phi) is 9.75. The molecule has 1 aliphatic heterocycles. The van der Waals surface area contributed by atoms with Crippen LogP contribution in [-0.4, -0.2) is 44.9 Å². The Morgan fingerprint density at radius 3 is 2.44 bits per heavy atom. The lowest BCUT2D eigenvalue weighted by atomic mass is 9.74. The first-order chi connectivity index (χ1) is 21.8. The Morgan fingerprint density at radius 1 is 0.956 bits per heavy atom. The fourth-order valence-electron chi connectivity index (χ4n) is 8.55. The largest absolute Gasteiger partial charge is 0.480 e. The number of aryl methyl sites for hydroxylation is 2. The van der Waals surface area contributed by atoms with Gasteiger partial charge >= 0.3 is 5.97 Å². The minimum atomic E-state index is -0.666. The van der Waals surface area contributed by atoms with E-state index >= 15 is 0 Å². The van der Waals surface area contributed by atoms with Gasteiger partial charge in [-0.05, 0) is 91.7 Å². The van der Waals surface area contributed by atoms with Gasteiger partial charge < -0.3 is 5.11 Å². The van der Waals surface area contributed by atoms with E-state index in [1.807, 2.05) is 0 Å². The molecule has 1 saturated heterocycles. The van der Waals surface area contributed by atoms with Crippen molar-refractivity contribution >= 4 is 16.7 Å². The van der Waals surface area contributed by atoms with Gasteiger partial charge in [0.05, 0.1) is 5.69 Å². The maximum atomic E-state index is 12.4. The average Bonchev–Trinajstić information content (AvgIpc) is 3.65. The number of nitrogens with zero attached hydrogens (tertiary/aromatic N) is 3. The minimum Gasteiger partial charge on any atom is -0.480 e. The molecule has 0 bridgehead atoms. The number of carboxylic acid groups (broad SMARTS) is 1. The van der Waals surface area contributed by atoms with Gasteiger partial charge in [-0.3, -0.25) is 14.4 Å². The van der Waals surface area contributed by atoms with Gasteiger partial charge in [0.25, 0.3) is 0 Å². The van der Waals surface area contributed by atoms with Gasteiger partial charge in [-0.2, -0.15) is 5.10 Å². The molecule has 4 aromatic rings. The van der Waals surface area contributed by atoms with Gasteiger partial charge in [0.15, 0.2) is 0 Å². The molecular formula is C40H51N3O2. The standard InChI is InChI=1S/C40H51N3O2/c1-5-28(4)39(40(44)45)42-25-34(37(26-42)32-14-9-11-27(3)21-32)22-29-17-19-31(20-18-29)38-24-35(41-43(38)6-2)23-33-15-10-13-30-12-7-8-16-36(30)33/h7-16,21,24,28-29,31,34,37,39H,5-6,17-20,22-23,25-26H2,1-4H3,(H,44,45). The van der Waals surface area contributed by atoms with E-state index in [9.17, 15) is 9.90 Å². The molecule has 5 heteroatoms. The lowest BCUT2D eigenvalue weighted by Gasteiger charge is -2.32. The van der Waals surface area contributed by atoms with E-state index in [1.165, 1.54) is 71.0 Å². The van der Waals surface area contributed by atoms with Crippen molar-refractivity contribution in [3.63, 3.8) is 0 Å². The zero-order valence-corrected chi connectivity index (χ0v) is 27.7. The summed E-state index contributed by atoms with van der Waals surface area (Å²) in [5.41, 5.74) is 6.60. The predicted octanol–water partition coefficient (Wildman–Crippen LogP) is 8.83. The molecule has 2 aliphatic rings. The molecule has 4 unspecified atom stereocenters. The number of carboxylic acids is 1. The van der Waals surface area contributed by atoms with Crippen LogP contribution in [0.25, 0.3) is 10.8 Å². The van der Waals surface area contributed by atoms with Gasteiger partial charge in [-0.15, -0.1) is 0 Å². The number of aliphatic carboxylic acids is 1. The van der Waals surface area contributed by atoms with Crippen LogP contribution in [0.2, 0.25) is 0 Å². The lowest BCUT2D eigenvalue weighted by molar-refractivity contribution is -0.145. The SMILES string of the molecule is CCC(C)C(C(=O)O)N1CC(CC2CCC(c3cc(Cc4cccc5ccccc45)nn3CC)CC2)C(c2cccc(C)c2)C1. The van der Waals surface area contributed by atoms with Crippen LogP contribution in [0.15, 0.2) is 72.8 Å². The Hall–Kier alpha value is -3.44. The topological polar surface area (TPSA) is 58.4 Å². The van der Waals surface area contributed by atoms with Gasteiger partial charge in [-0.1, -0.05) is 92.6 Å². The highest BCUT2D eigenvalue weighted by Crippen LogP contribution is 2.44. The lowest BCUT2D eigenvalue weighted by Crippen LogP contribution is -2.44. The first kappa shape index (κ1) is 31.5. The third-order valence-corrected chi connectivity index (χ3v) is 11.1. The molecule has 0 amide bonds.